The molecule has 0 spiro atoms. The highest BCUT2D eigenvalue weighted by Crippen LogP contribution is 2.01. The summed E-state index contributed by atoms with van der Waals surface area (Å²) < 4.78 is 12.6. The number of nitrogens with one attached hydrogen (secondary N) is 2. The number of hydrogen-bond acceptors (Lipinski definition) is 1. The van der Waals surface area contributed by atoms with Crippen LogP contribution in [0.2, 0.25) is 0 Å². The molecule has 0 aliphatic carbocycles. The van der Waals surface area contributed by atoms with Crippen LogP contribution in [0.3, 0.4) is 0 Å². The largest absolute Gasteiger partial charge is 0.357 e. The van der Waals surface area contributed by atoms with Gasteiger partial charge in [-0.15, -0.1) is 24.0 Å². The summed E-state index contributed by atoms with van der Waals surface area (Å²) in [5.74, 6) is 0.539. The van der Waals surface area contributed by atoms with Gasteiger partial charge in [-0.3, -0.25) is 4.99 Å². The van der Waals surface area contributed by atoms with Crippen molar-refractivity contribution < 1.29 is 4.39 Å². The van der Waals surface area contributed by atoms with E-state index < -0.39 is 0 Å². The molecule has 1 aromatic rings. The third-order valence-electron chi connectivity index (χ3n) is 1.94. The van der Waals surface area contributed by atoms with Crippen molar-refractivity contribution in [2.24, 2.45) is 4.99 Å². The van der Waals surface area contributed by atoms with Gasteiger partial charge in [0, 0.05) is 20.1 Å². The van der Waals surface area contributed by atoms with Crippen LogP contribution in [-0.4, -0.2) is 19.6 Å². The highest BCUT2D eigenvalue weighted by molar-refractivity contribution is 14.0. The van der Waals surface area contributed by atoms with Crippen molar-refractivity contribution >= 4 is 29.9 Å². The first-order valence-electron chi connectivity index (χ1n) is 4.95. The van der Waals surface area contributed by atoms with E-state index in [1.54, 1.807) is 19.2 Å². The quantitative estimate of drug-likeness (QED) is 0.504. The van der Waals surface area contributed by atoms with Gasteiger partial charge in [0.15, 0.2) is 5.96 Å². The minimum absolute atomic E-state index is 0. The second-order valence-electron chi connectivity index (χ2n) is 3.08. The summed E-state index contributed by atoms with van der Waals surface area (Å²) in [7, 11) is 1.72. The first-order chi connectivity index (χ1) is 7.26. The standard InChI is InChI=1S/C11H16FN3.HI/c1-3-14-11(13-2)15-8-9-4-6-10(12)7-5-9;/h4-7H,3,8H2,1-2H3,(H2,13,14,15);1H. The van der Waals surface area contributed by atoms with Gasteiger partial charge in [0.25, 0.3) is 0 Å². The molecule has 0 unspecified atom stereocenters. The lowest BCUT2D eigenvalue weighted by Crippen LogP contribution is -2.36. The molecule has 0 saturated heterocycles. The van der Waals surface area contributed by atoms with Crippen LogP contribution in [0.5, 0.6) is 0 Å². The highest BCUT2D eigenvalue weighted by Gasteiger charge is 1.96. The van der Waals surface area contributed by atoms with Gasteiger partial charge in [0.05, 0.1) is 0 Å². The fraction of sp³-hybridized carbons (Fsp3) is 0.364. The number of guanidine groups is 1. The Kier molecular flexibility index (Phi) is 7.88. The van der Waals surface area contributed by atoms with Crippen LogP contribution in [0.25, 0.3) is 0 Å². The van der Waals surface area contributed by atoms with Crippen molar-refractivity contribution in [2.45, 2.75) is 13.5 Å². The van der Waals surface area contributed by atoms with Crippen LogP contribution in [-0.2, 0) is 6.54 Å². The van der Waals surface area contributed by atoms with Gasteiger partial charge in [0.1, 0.15) is 5.82 Å². The van der Waals surface area contributed by atoms with E-state index in [1.807, 2.05) is 6.92 Å². The van der Waals surface area contributed by atoms with E-state index in [4.69, 9.17) is 0 Å². The molecule has 0 fully saturated rings. The second-order valence-corrected chi connectivity index (χ2v) is 3.08. The lowest BCUT2D eigenvalue weighted by molar-refractivity contribution is 0.626. The summed E-state index contributed by atoms with van der Waals surface area (Å²) >= 11 is 0. The molecule has 1 aromatic carbocycles. The summed E-state index contributed by atoms with van der Waals surface area (Å²) in [5.41, 5.74) is 1.02. The molecule has 1 rings (SSSR count). The van der Waals surface area contributed by atoms with Gasteiger partial charge in [0.2, 0.25) is 0 Å². The maximum atomic E-state index is 12.6. The number of hydrogen-bond donors (Lipinski definition) is 2. The van der Waals surface area contributed by atoms with Gasteiger partial charge < -0.3 is 10.6 Å². The monoisotopic (exact) mass is 337 g/mol. The third kappa shape index (κ3) is 5.29. The Labute approximate surface area is 113 Å². The van der Waals surface area contributed by atoms with E-state index >= 15 is 0 Å². The SMILES string of the molecule is CCNC(=NC)NCc1ccc(F)cc1.I. The predicted octanol–water partition coefficient (Wildman–Crippen LogP) is 2.13. The van der Waals surface area contributed by atoms with Crippen molar-refractivity contribution in [1.29, 1.82) is 0 Å². The van der Waals surface area contributed by atoms with E-state index in [2.05, 4.69) is 15.6 Å². The number of aliphatic imine (C=N–C) groups is 1. The van der Waals surface area contributed by atoms with Gasteiger partial charge in [-0.1, -0.05) is 12.1 Å². The minimum atomic E-state index is -0.213. The maximum Gasteiger partial charge on any atom is 0.191 e. The Morgan fingerprint density at radius 2 is 1.88 bits per heavy atom. The van der Waals surface area contributed by atoms with Gasteiger partial charge >= 0.3 is 0 Å². The number of benzene rings is 1. The van der Waals surface area contributed by atoms with E-state index in [1.165, 1.54) is 12.1 Å². The fourth-order valence-corrected chi connectivity index (χ4v) is 1.18. The van der Waals surface area contributed by atoms with Gasteiger partial charge in [-0.2, -0.15) is 0 Å². The first-order valence-corrected chi connectivity index (χ1v) is 4.95. The lowest BCUT2D eigenvalue weighted by atomic mass is 10.2. The molecule has 0 aliphatic heterocycles. The molecule has 0 atom stereocenters. The third-order valence-corrected chi connectivity index (χ3v) is 1.94. The summed E-state index contributed by atoms with van der Waals surface area (Å²) in [6.45, 7) is 3.47. The lowest BCUT2D eigenvalue weighted by Gasteiger charge is -2.09. The second kappa shape index (κ2) is 8.32. The predicted molar refractivity (Wildman–Crippen MR) is 75.7 cm³/mol. The first kappa shape index (κ1) is 15.2. The summed E-state index contributed by atoms with van der Waals surface area (Å²) in [6, 6.07) is 6.41. The van der Waals surface area contributed by atoms with Crippen LogP contribution in [0.4, 0.5) is 4.39 Å². The van der Waals surface area contributed by atoms with E-state index in [0.29, 0.717) is 6.54 Å². The van der Waals surface area contributed by atoms with Gasteiger partial charge in [-0.25, -0.2) is 4.39 Å². The molecular formula is C11H17FIN3. The van der Waals surface area contributed by atoms with Crippen LogP contribution in [0, 0.1) is 5.82 Å². The zero-order valence-corrected chi connectivity index (χ0v) is 11.8. The molecule has 0 aliphatic rings. The summed E-state index contributed by atoms with van der Waals surface area (Å²) in [6.07, 6.45) is 0. The molecule has 0 radical (unpaired) electrons. The Balaban J connectivity index is 0.00000225. The summed E-state index contributed by atoms with van der Waals surface area (Å²) in [4.78, 5) is 4.03. The Bertz CT molecular complexity index is 325. The van der Waals surface area contributed by atoms with Crippen molar-refractivity contribution in [2.75, 3.05) is 13.6 Å². The van der Waals surface area contributed by atoms with Crippen LogP contribution >= 0.6 is 24.0 Å². The molecule has 16 heavy (non-hydrogen) atoms. The van der Waals surface area contributed by atoms with Crippen molar-refractivity contribution in [3.8, 4) is 0 Å². The fourth-order valence-electron chi connectivity index (χ4n) is 1.18. The molecule has 2 N–H and O–H groups in total. The molecule has 0 saturated carbocycles. The average molecular weight is 337 g/mol. The molecule has 5 heteroatoms. The van der Waals surface area contributed by atoms with E-state index in [-0.39, 0.29) is 29.8 Å². The van der Waals surface area contributed by atoms with E-state index in [9.17, 15) is 4.39 Å². The molecule has 0 aromatic heterocycles. The van der Waals surface area contributed by atoms with E-state index in [0.717, 1.165) is 18.1 Å². The molecule has 90 valence electrons. The molecule has 0 amide bonds. The summed E-state index contributed by atoms with van der Waals surface area (Å²) in [5, 5.41) is 6.20. The highest BCUT2D eigenvalue weighted by atomic mass is 127. The molecule has 3 nitrogen and oxygen atoms in total. The Morgan fingerprint density at radius 1 is 1.25 bits per heavy atom. The molecular weight excluding hydrogens is 320 g/mol. The zero-order chi connectivity index (χ0) is 11.1. The van der Waals surface area contributed by atoms with Crippen molar-refractivity contribution in [1.82, 2.24) is 10.6 Å². The number of nitrogens with zero attached hydrogens (tertiary/aromatic N) is 1. The molecule has 0 bridgehead atoms. The van der Waals surface area contributed by atoms with Crippen molar-refractivity contribution in [3.63, 3.8) is 0 Å². The normalized spacial score (nSPS) is 10.6. The van der Waals surface area contributed by atoms with Gasteiger partial charge in [-0.05, 0) is 24.6 Å². The van der Waals surface area contributed by atoms with Crippen LogP contribution in [0.15, 0.2) is 29.3 Å². The number of halogens is 2. The Hall–Kier alpha value is -0.850. The number of rotatable bonds is 3. The van der Waals surface area contributed by atoms with Crippen LogP contribution in [0.1, 0.15) is 12.5 Å². The van der Waals surface area contributed by atoms with Crippen molar-refractivity contribution in [3.05, 3.63) is 35.6 Å². The Morgan fingerprint density at radius 3 is 2.38 bits per heavy atom. The topological polar surface area (TPSA) is 36.4 Å². The smallest absolute Gasteiger partial charge is 0.191 e. The average Bonchev–Trinajstić information content (AvgIpc) is 2.26. The minimum Gasteiger partial charge on any atom is -0.357 e. The molecule has 0 heterocycles. The maximum absolute atomic E-state index is 12.6. The zero-order valence-electron chi connectivity index (χ0n) is 9.46. The van der Waals surface area contributed by atoms with Crippen LogP contribution < -0.4 is 10.6 Å².